The lowest BCUT2D eigenvalue weighted by Gasteiger charge is -2.16. The number of halogens is 1. The van der Waals surface area contributed by atoms with Crippen LogP contribution in [0, 0.1) is 6.92 Å². The highest BCUT2D eigenvalue weighted by Gasteiger charge is 2.16. The van der Waals surface area contributed by atoms with Gasteiger partial charge in [0.1, 0.15) is 5.75 Å². The fourth-order valence-corrected chi connectivity index (χ4v) is 3.48. The molecule has 0 aliphatic rings. The lowest BCUT2D eigenvalue weighted by Crippen LogP contribution is -2.19. The number of methoxy groups -OCH3 is 1. The summed E-state index contributed by atoms with van der Waals surface area (Å²) in [5.74, 6) is 1.10. The van der Waals surface area contributed by atoms with Gasteiger partial charge in [-0.2, -0.15) is 0 Å². The number of hydrogen-bond acceptors (Lipinski definition) is 3. The summed E-state index contributed by atoms with van der Waals surface area (Å²) in [5, 5.41) is 0. The van der Waals surface area contributed by atoms with Crippen LogP contribution in [0.15, 0.2) is 51.8 Å². The van der Waals surface area contributed by atoms with Gasteiger partial charge in [-0.15, -0.1) is 0 Å². The first kappa shape index (κ1) is 16.2. The van der Waals surface area contributed by atoms with Crippen molar-refractivity contribution in [3.8, 4) is 5.75 Å². The van der Waals surface area contributed by atoms with E-state index >= 15 is 0 Å². The number of aryl methyl sites for hydroxylation is 1. The Morgan fingerprint density at radius 1 is 1.24 bits per heavy atom. The number of nitrogens with two attached hydrogens (primary N) is 1. The molecule has 0 bridgehead atoms. The van der Waals surface area contributed by atoms with Gasteiger partial charge in [0.05, 0.1) is 17.9 Å². The van der Waals surface area contributed by atoms with E-state index < -0.39 is 10.8 Å². The zero-order chi connectivity index (χ0) is 15.4. The second-order valence-corrected chi connectivity index (χ2v) is 7.23. The smallest absolute Gasteiger partial charge is 0.123 e. The first-order valence-corrected chi connectivity index (χ1v) is 8.66. The number of rotatable bonds is 5. The summed E-state index contributed by atoms with van der Waals surface area (Å²) >= 11 is 3.37. The van der Waals surface area contributed by atoms with E-state index in [9.17, 15) is 4.21 Å². The molecule has 0 radical (unpaired) electrons. The number of ether oxygens (including phenoxy) is 1. The quantitative estimate of drug-likeness (QED) is 0.878. The van der Waals surface area contributed by atoms with Gasteiger partial charge in [0.2, 0.25) is 0 Å². The maximum Gasteiger partial charge on any atom is 0.123 e. The molecule has 2 N–H and O–H groups in total. The summed E-state index contributed by atoms with van der Waals surface area (Å²) in [6.07, 6.45) is 0. The third-order valence-corrected chi connectivity index (χ3v) is 5.18. The van der Waals surface area contributed by atoms with Crippen molar-refractivity contribution < 1.29 is 8.95 Å². The fourth-order valence-electron chi connectivity index (χ4n) is 2.08. The lowest BCUT2D eigenvalue weighted by atomic mass is 10.1. The van der Waals surface area contributed by atoms with Gasteiger partial charge >= 0.3 is 0 Å². The molecule has 2 unspecified atom stereocenters. The van der Waals surface area contributed by atoms with Crippen LogP contribution in [-0.4, -0.2) is 17.1 Å². The average Bonchev–Trinajstić information content (AvgIpc) is 2.47. The Hall–Kier alpha value is -1.17. The molecule has 0 aliphatic heterocycles. The lowest BCUT2D eigenvalue weighted by molar-refractivity contribution is 0.407. The Kier molecular flexibility index (Phi) is 5.56. The van der Waals surface area contributed by atoms with Gasteiger partial charge in [0.15, 0.2) is 0 Å². The van der Waals surface area contributed by atoms with Crippen LogP contribution < -0.4 is 10.5 Å². The van der Waals surface area contributed by atoms with Crippen molar-refractivity contribution in [2.75, 3.05) is 12.9 Å². The highest BCUT2D eigenvalue weighted by atomic mass is 79.9. The van der Waals surface area contributed by atoms with E-state index in [-0.39, 0.29) is 6.04 Å². The highest BCUT2D eigenvalue weighted by molar-refractivity contribution is 9.10. The van der Waals surface area contributed by atoms with Crippen LogP contribution in [0.1, 0.15) is 17.2 Å². The summed E-state index contributed by atoms with van der Waals surface area (Å²) in [5.41, 5.74) is 8.22. The molecule has 2 aromatic carbocycles. The molecule has 2 rings (SSSR count). The summed E-state index contributed by atoms with van der Waals surface area (Å²) in [4.78, 5) is 0.778. The van der Waals surface area contributed by atoms with E-state index in [1.807, 2.05) is 49.4 Å². The van der Waals surface area contributed by atoms with Crippen LogP contribution in [0.25, 0.3) is 0 Å². The molecule has 0 saturated heterocycles. The van der Waals surface area contributed by atoms with Gasteiger partial charge in [-0.05, 0) is 37.3 Å². The minimum absolute atomic E-state index is 0.329. The number of benzene rings is 2. The van der Waals surface area contributed by atoms with Crippen molar-refractivity contribution in [3.05, 3.63) is 58.1 Å². The molecule has 2 aromatic rings. The van der Waals surface area contributed by atoms with Crippen LogP contribution in [0.3, 0.4) is 0 Å². The molecule has 112 valence electrons. The van der Waals surface area contributed by atoms with Crippen molar-refractivity contribution in [3.63, 3.8) is 0 Å². The van der Waals surface area contributed by atoms with E-state index in [2.05, 4.69) is 15.9 Å². The van der Waals surface area contributed by atoms with Gasteiger partial charge in [-0.3, -0.25) is 4.21 Å². The van der Waals surface area contributed by atoms with Crippen LogP contribution >= 0.6 is 15.9 Å². The maximum absolute atomic E-state index is 12.4. The standard InChI is InChI=1S/C16H18BrNO2S/c1-11-3-8-16(20-2)14(9-11)15(18)10-21(19)13-6-4-12(17)5-7-13/h3-9,15H,10,18H2,1-2H3. The maximum atomic E-state index is 12.4. The van der Waals surface area contributed by atoms with E-state index in [4.69, 9.17) is 10.5 Å². The SMILES string of the molecule is COc1ccc(C)cc1C(N)CS(=O)c1ccc(Br)cc1. The van der Waals surface area contributed by atoms with E-state index in [1.54, 1.807) is 7.11 Å². The minimum atomic E-state index is -1.14. The molecule has 5 heteroatoms. The molecule has 0 amide bonds. The summed E-state index contributed by atoms with van der Waals surface area (Å²) in [6.45, 7) is 2.00. The normalized spacial score (nSPS) is 13.7. The Bertz CT molecular complexity index is 643. The molecule has 0 fully saturated rings. The van der Waals surface area contributed by atoms with Gasteiger partial charge < -0.3 is 10.5 Å². The summed E-state index contributed by atoms with van der Waals surface area (Å²) in [7, 11) is 0.477. The first-order chi connectivity index (χ1) is 10.0. The molecule has 0 heterocycles. The molecule has 0 spiro atoms. The Morgan fingerprint density at radius 2 is 1.90 bits per heavy atom. The molecule has 0 aromatic heterocycles. The van der Waals surface area contributed by atoms with Crippen LogP contribution in [0.4, 0.5) is 0 Å². The minimum Gasteiger partial charge on any atom is -0.496 e. The van der Waals surface area contributed by atoms with Crippen molar-refractivity contribution >= 4 is 26.7 Å². The third-order valence-electron chi connectivity index (χ3n) is 3.19. The Balaban J connectivity index is 2.17. The van der Waals surface area contributed by atoms with Crippen LogP contribution in [0.5, 0.6) is 5.75 Å². The number of hydrogen-bond donors (Lipinski definition) is 1. The van der Waals surface area contributed by atoms with Crippen LogP contribution in [-0.2, 0) is 10.8 Å². The first-order valence-electron chi connectivity index (χ1n) is 6.55. The van der Waals surface area contributed by atoms with Gasteiger partial charge in [0, 0.05) is 26.7 Å². The molecular weight excluding hydrogens is 350 g/mol. The van der Waals surface area contributed by atoms with E-state index in [0.717, 1.165) is 26.2 Å². The van der Waals surface area contributed by atoms with Crippen molar-refractivity contribution in [1.29, 1.82) is 0 Å². The average molecular weight is 368 g/mol. The molecule has 21 heavy (non-hydrogen) atoms. The zero-order valence-electron chi connectivity index (χ0n) is 12.0. The monoisotopic (exact) mass is 367 g/mol. The van der Waals surface area contributed by atoms with Crippen LogP contribution in [0.2, 0.25) is 0 Å². The largest absolute Gasteiger partial charge is 0.496 e. The van der Waals surface area contributed by atoms with Crippen molar-refractivity contribution in [2.45, 2.75) is 17.9 Å². The Morgan fingerprint density at radius 3 is 2.52 bits per heavy atom. The van der Waals surface area contributed by atoms with Crippen molar-refractivity contribution in [1.82, 2.24) is 0 Å². The summed E-state index contributed by atoms with van der Waals surface area (Å²) in [6, 6.07) is 13.0. The van der Waals surface area contributed by atoms with E-state index in [0.29, 0.717) is 5.75 Å². The predicted octanol–water partition coefficient (Wildman–Crippen LogP) is 3.57. The molecule has 0 aliphatic carbocycles. The van der Waals surface area contributed by atoms with Gasteiger partial charge in [0.25, 0.3) is 0 Å². The van der Waals surface area contributed by atoms with Gasteiger partial charge in [-0.25, -0.2) is 0 Å². The predicted molar refractivity (Wildman–Crippen MR) is 90.1 cm³/mol. The second kappa shape index (κ2) is 7.20. The summed E-state index contributed by atoms with van der Waals surface area (Å²) < 4.78 is 18.7. The Labute approximate surface area is 136 Å². The zero-order valence-corrected chi connectivity index (χ0v) is 14.4. The molecular formula is C16H18BrNO2S. The fraction of sp³-hybridized carbons (Fsp3) is 0.250. The van der Waals surface area contributed by atoms with Gasteiger partial charge in [-0.1, -0.05) is 33.6 Å². The highest BCUT2D eigenvalue weighted by Crippen LogP contribution is 2.26. The van der Waals surface area contributed by atoms with E-state index in [1.165, 1.54) is 0 Å². The topological polar surface area (TPSA) is 52.3 Å². The van der Waals surface area contributed by atoms with Crippen molar-refractivity contribution in [2.24, 2.45) is 5.73 Å². The third kappa shape index (κ3) is 4.15. The second-order valence-electron chi connectivity index (χ2n) is 4.82. The molecule has 2 atom stereocenters. The molecule has 0 saturated carbocycles. The molecule has 3 nitrogen and oxygen atoms in total.